The van der Waals surface area contributed by atoms with Crippen molar-refractivity contribution in [2.75, 3.05) is 52.2 Å². The van der Waals surface area contributed by atoms with Crippen molar-refractivity contribution in [1.29, 1.82) is 0 Å². The molecule has 0 radical (unpaired) electrons. The highest BCUT2D eigenvalue weighted by atomic mass is 19.1. The highest BCUT2D eigenvalue weighted by Crippen LogP contribution is 2.48. The normalized spacial score (nSPS) is 21.0. The Balaban J connectivity index is 1.57. The summed E-state index contributed by atoms with van der Waals surface area (Å²) in [6.07, 6.45) is 1.75. The molecule has 148 valence electrons. The van der Waals surface area contributed by atoms with Crippen LogP contribution in [0.1, 0.15) is 22.0 Å². The first-order valence-corrected chi connectivity index (χ1v) is 9.23. The average molecular weight is 387 g/mol. The van der Waals surface area contributed by atoms with Gasteiger partial charge in [0.1, 0.15) is 17.2 Å². The molecule has 1 aromatic carbocycles. The number of benzene rings is 1. The molecule has 1 atom stereocenters. The summed E-state index contributed by atoms with van der Waals surface area (Å²) in [5, 5.41) is 0. The van der Waals surface area contributed by atoms with Crippen molar-refractivity contribution in [1.82, 2.24) is 19.8 Å². The van der Waals surface area contributed by atoms with Gasteiger partial charge in [-0.15, -0.1) is 0 Å². The van der Waals surface area contributed by atoms with Crippen molar-refractivity contribution < 1.29 is 13.6 Å². The molecule has 6 nitrogen and oxygen atoms in total. The SMILES string of the molecule is CN1CC(c2ccnc(N(C)C)n2)C2(C1)CN(C(=O)c1c(F)cccc1F)C2. The van der Waals surface area contributed by atoms with Crippen LogP contribution < -0.4 is 4.90 Å². The van der Waals surface area contributed by atoms with Crippen molar-refractivity contribution in [2.24, 2.45) is 5.41 Å². The lowest BCUT2D eigenvalue weighted by Gasteiger charge is -2.51. The van der Waals surface area contributed by atoms with Gasteiger partial charge in [-0.05, 0) is 25.2 Å². The Morgan fingerprint density at radius 1 is 1.18 bits per heavy atom. The molecule has 0 N–H and O–H groups in total. The zero-order valence-corrected chi connectivity index (χ0v) is 16.2. The Morgan fingerprint density at radius 2 is 1.86 bits per heavy atom. The first-order valence-electron chi connectivity index (χ1n) is 9.23. The number of hydrogen-bond donors (Lipinski definition) is 0. The van der Waals surface area contributed by atoms with Gasteiger partial charge >= 0.3 is 0 Å². The molecule has 2 aromatic rings. The van der Waals surface area contributed by atoms with E-state index in [2.05, 4.69) is 14.9 Å². The lowest BCUT2D eigenvalue weighted by Crippen LogP contribution is -2.61. The van der Waals surface area contributed by atoms with Crippen LogP contribution in [0, 0.1) is 17.0 Å². The summed E-state index contributed by atoms with van der Waals surface area (Å²) < 4.78 is 28.0. The molecule has 3 heterocycles. The number of amides is 1. The molecule has 2 saturated heterocycles. The van der Waals surface area contributed by atoms with Gasteiger partial charge in [0.25, 0.3) is 5.91 Å². The monoisotopic (exact) mass is 387 g/mol. The summed E-state index contributed by atoms with van der Waals surface area (Å²) in [5.41, 5.74) is 0.300. The van der Waals surface area contributed by atoms with Gasteiger partial charge in [-0.3, -0.25) is 4.79 Å². The maximum atomic E-state index is 14.0. The molecule has 2 fully saturated rings. The van der Waals surface area contributed by atoms with Gasteiger partial charge in [-0.2, -0.15) is 0 Å². The fourth-order valence-electron chi connectivity index (χ4n) is 4.43. The van der Waals surface area contributed by atoms with Crippen LogP contribution in [0.4, 0.5) is 14.7 Å². The molecule has 28 heavy (non-hydrogen) atoms. The first-order chi connectivity index (χ1) is 13.3. The molecule has 1 spiro atoms. The standard InChI is InChI=1S/C20H23F2N5O/c1-25(2)19-23-8-7-16(24-19)13-9-26(3)10-20(13)11-27(12-20)18(28)17-14(21)5-4-6-15(17)22/h4-8,13H,9-12H2,1-3H3. The Hall–Kier alpha value is -2.61. The molecular weight excluding hydrogens is 364 g/mol. The van der Waals surface area contributed by atoms with Gasteiger partial charge in [-0.1, -0.05) is 6.07 Å². The first kappa shape index (κ1) is 18.7. The third-order valence-electron chi connectivity index (χ3n) is 5.72. The topological polar surface area (TPSA) is 52.6 Å². The summed E-state index contributed by atoms with van der Waals surface area (Å²) in [5.74, 6) is -1.46. The smallest absolute Gasteiger partial charge is 0.259 e. The van der Waals surface area contributed by atoms with E-state index in [4.69, 9.17) is 0 Å². The molecule has 0 bridgehead atoms. The second-order valence-corrected chi connectivity index (χ2v) is 8.05. The predicted octanol–water partition coefficient (Wildman–Crippen LogP) is 1.99. The number of halogens is 2. The third kappa shape index (κ3) is 3.01. The lowest BCUT2D eigenvalue weighted by atomic mass is 9.70. The predicted molar refractivity (Wildman–Crippen MR) is 101 cm³/mol. The molecule has 0 saturated carbocycles. The summed E-state index contributed by atoms with van der Waals surface area (Å²) in [6.45, 7) is 2.54. The zero-order valence-electron chi connectivity index (χ0n) is 16.2. The number of aromatic nitrogens is 2. The molecule has 0 aliphatic carbocycles. The number of anilines is 1. The molecule has 8 heteroatoms. The number of hydrogen-bond acceptors (Lipinski definition) is 5. The van der Waals surface area contributed by atoms with Crippen molar-refractivity contribution in [3.63, 3.8) is 0 Å². The second-order valence-electron chi connectivity index (χ2n) is 8.05. The Bertz CT molecular complexity index is 893. The van der Waals surface area contributed by atoms with Crippen LogP contribution in [-0.4, -0.2) is 73.0 Å². The van der Waals surface area contributed by atoms with E-state index in [1.54, 1.807) is 6.20 Å². The van der Waals surface area contributed by atoms with Crippen LogP contribution in [0.15, 0.2) is 30.5 Å². The number of carbonyl (C=O) groups is 1. The molecule has 2 aliphatic heterocycles. The van der Waals surface area contributed by atoms with Crippen LogP contribution in [0.25, 0.3) is 0 Å². The van der Waals surface area contributed by atoms with Gasteiger partial charge in [0.15, 0.2) is 0 Å². The van der Waals surface area contributed by atoms with E-state index >= 15 is 0 Å². The molecule has 4 rings (SSSR count). The Kier molecular flexibility index (Phi) is 4.53. The summed E-state index contributed by atoms with van der Waals surface area (Å²) in [7, 11) is 5.82. The highest BCUT2D eigenvalue weighted by Gasteiger charge is 2.56. The molecule has 1 unspecified atom stereocenters. The van der Waals surface area contributed by atoms with Crippen LogP contribution in [0.5, 0.6) is 0 Å². The number of carbonyl (C=O) groups excluding carboxylic acids is 1. The fourth-order valence-corrected chi connectivity index (χ4v) is 4.43. The largest absolute Gasteiger partial charge is 0.347 e. The van der Waals surface area contributed by atoms with E-state index in [0.717, 1.165) is 30.9 Å². The average Bonchev–Trinajstić information content (AvgIpc) is 2.98. The van der Waals surface area contributed by atoms with E-state index in [9.17, 15) is 13.6 Å². The van der Waals surface area contributed by atoms with Gasteiger partial charge in [0.2, 0.25) is 5.95 Å². The zero-order chi connectivity index (χ0) is 20.1. The number of rotatable bonds is 3. The summed E-state index contributed by atoms with van der Waals surface area (Å²) >= 11 is 0. The molecular formula is C20H23F2N5O. The van der Waals surface area contributed by atoms with E-state index in [1.807, 2.05) is 32.1 Å². The fraction of sp³-hybridized carbons (Fsp3) is 0.450. The van der Waals surface area contributed by atoms with Crippen LogP contribution in [0.3, 0.4) is 0 Å². The highest BCUT2D eigenvalue weighted by molar-refractivity contribution is 5.95. The van der Waals surface area contributed by atoms with Crippen LogP contribution in [-0.2, 0) is 0 Å². The van der Waals surface area contributed by atoms with E-state index < -0.39 is 23.1 Å². The number of likely N-dealkylation sites (N-methyl/N-ethyl adjacent to an activating group) is 1. The summed E-state index contributed by atoms with van der Waals surface area (Å²) in [4.78, 5) is 27.2. The Labute approximate surface area is 162 Å². The summed E-state index contributed by atoms with van der Waals surface area (Å²) in [6, 6.07) is 5.40. The maximum Gasteiger partial charge on any atom is 0.259 e. The van der Waals surface area contributed by atoms with Crippen molar-refractivity contribution in [3.8, 4) is 0 Å². The van der Waals surface area contributed by atoms with Crippen molar-refractivity contribution in [3.05, 3.63) is 53.4 Å². The minimum atomic E-state index is -0.822. The Morgan fingerprint density at radius 3 is 2.50 bits per heavy atom. The second kappa shape index (κ2) is 6.77. The number of nitrogens with zero attached hydrogens (tertiary/aromatic N) is 5. The maximum absolute atomic E-state index is 14.0. The van der Waals surface area contributed by atoms with E-state index in [0.29, 0.717) is 19.0 Å². The minimum Gasteiger partial charge on any atom is -0.347 e. The van der Waals surface area contributed by atoms with Gasteiger partial charge in [0.05, 0.1) is 5.69 Å². The van der Waals surface area contributed by atoms with E-state index in [1.165, 1.54) is 11.0 Å². The van der Waals surface area contributed by atoms with Gasteiger partial charge < -0.3 is 14.7 Å². The quantitative estimate of drug-likeness (QED) is 0.806. The lowest BCUT2D eigenvalue weighted by molar-refractivity contribution is 0.00285. The molecule has 1 amide bonds. The third-order valence-corrected chi connectivity index (χ3v) is 5.72. The van der Waals surface area contributed by atoms with Crippen LogP contribution >= 0.6 is 0 Å². The number of likely N-dealkylation sites (tertiary alicyclic amines) is 2. The van der Waals surface area contributed by atoms with Crippen LogP contribution in [0.2, 0.25) is 0 Å². The minimum absolute atomic E-state index is 0.133. The molecule has 2 aliphatic rings. The van der Waals surface area contributed by atoms with Gasteiger partial charge in [-0.25, -0.2) is 18.7 Å². The molecule has 1 aromatic heterocycles. The van der Waals surface area contributed by atoms with Crippen molar-refractivity contribution in [2.45, 2.75) is 5.92 Å². The van der Waals surface area contributed by atoms with Crippen molar-refractivity contribution >= 4 is 11.9 Å². The van der Waals surface area contributed by atoms with Gasteiger partial charge in [0, 0.05) is 57.8 Å². The van der Waals surface area contributed by atoms with E-state index in [-0.39, 0.29) is 11.3 Å².